The number of aromatic nitrogens is 2. The molecular formula is C47H36N4OS2. The summed E-state index contributed by atoms with van der Waals surface area (Å²) in [6.45, 7) is 6.96. The molecule has 4 aromatic heterocycles. The summed E-state index contributed by atoms with van der Waals surface area (Å²) in [6.07, 6.45) is 8.48. The Labute approximate surface area is 321 Å². The van der Waals surface area contributed by atoms with Gasteiger partial charge in [0.2, 0.25) is 0 Å². The Hall–Kier alpha value is -5.89. The van der Waals surface area contributed by atoms with Gasteiger partial charge in [0.15, 0.2) is 5.82 Å². The largest absolute Gasteiger partial charge is 0.456 e. The van der Waals surface area contributed by atoms with Crippen LogP contribution in [0.25, 0.3) is 81.0 Å². The van der Waals surface area contributed by atoms with Crippen molar-refractivity contribution in [2.24, 2.45) is 4.99 Å². The molecule has 0 amide bonds. The smallest absolute Gasteiger partial charge is 0.161 e. The molecule has 1 aliphatic carbocycles. The molecule has 0 saturated heterocycles. The van der Waals surface area contributed by atoms with Crippen LogP contribution in [0.15, 0.2) is 143 Å². The zero-order valence-corrected chi connectivity index (χ0v) is 31.7. The summed E-state index contributed by atoms with van der Waals surface area (Å²) in [4.78, 5) is 19.8. The van der Waals surface area contributed by atoms with Gasteiger partial charge in [-0.3, -0.25) is 4.99 Å². The number of furan rings is 1. The van der Waals surface area contributed by atoms with Crippen LogP contribution in [0, 0.1) is 0 Å². The van der Waals surface area contributed by atoms with E-state index in [9.17, 15) is 0 Å². The Balaban J connectivity index is 1.18. The average Bonchev–Trinajstić information content (AvgIpc) is 3.97. The predicted molar refractivity (Wildman–Crippen MR) is 230 cm³/mol. The van der Waals surface area contributed by atoms with E-state index in [0.717, 1.165) is 91.0 Å². The molecule has 9 aromatic rings. The van der Waals surface area contributed by atoms with E-state index in [1.54, 1.807) is 11.3 Å². The zero-order chi connectivity index (χ0) is 36.4. The van der Waals surface area contributed by atoms with Crippen LogP contribution in [0.4, 0.5) is 0 Å². The minimum absolute atomic E-state index is 0.466. The third-order valence-corrected chi connectivity index (χ3v) is 13.1. The number of thiophene rings is 2. The molecule has 1 aliphatic rings. The van der Waals surface area contributed by atoms with Gasteiger partial charge in [0.05, 0.1) is 21.4 Å². The minimum Gasteiger partial charge on any atom is -0.456 e. The van der Waals surface area contributed by atoms with Crippen molar-refractivity contribution in [2.75, 3.05) is 13.6 Å². The molecule has 10 rings (SSSR count). The fourth-order valence-corrected chi connectivity index (χ4v) is 10.4. The van der Waals surface area contributed by atoms with Gasteiger partial charge in [0.25, 0.3) is 0 Å². The van der Waals surface area contributed by atoms with Crippen LogP contribution in [-0.4, -0.2) is 34.3 Å². The number of hydrogen-bond acceptors (Lipinski definition) is 6. The number of fused-ring (bicyclic) bond motifs is 9. The molecular weight excluding hydrogens is 701 g/mol. The maximum absolute atomic E-state index is 6.22. The van der Waals surface area contributed by atoms with Crippen LogP contribution >= 0.6 is 22.7 Å². The summed E-state index contributed by atoms with van der Waals surface area (Å²) in [5.41, 5.74) is 7.65. The first-order chi connectivity index (χ1) is 26.5. The lowest BCUT2D eigenvalue weighted by atomic mass is 9.89. The number of amidine groups is 1. The van der Waals surface area contributed by atoms with E-state index in [-0.39, 0.29) is 0 Å². The lowest BCUT2D eigenvalue weighted by Gasteiger charge is -2.38. The molecule has 0 aliphatic heterocycles. The number of allylic oxidation sites excluding steroid dienone is 1. The van der Waals surface area contributed by atoms with Crippen LogP contribution < -0.4 is 0 Å². The molecule has 7 heteroatoms. The highest BCUT2D eigenvalue weighted by Gasteiger charge is 2.40. The Morgan fingerprint density at radius 3 is 2.48 bits per heavy atom. The second kappa shape index (κ2) is 12.9. The van der Waals surface area contributed by atoms with E-state index < -0.39 is 5.54 Å². The summed E-state index contributed by atoms with van der Waals surface area (Å²) in [7, 11) is 2.18. The molecule has 5 nitrogen and oxygen atoms in total. The predicted octanol–water partition coefficient (Wildman–Crippen LogP) is 12.9. The number of nitrogens with zero attached hydrogens (tertiary/aromatic N) is 4. The van der Waals surface area contributed by atoms with Crippen molar-refractivity contribution < 1.29 is 4.42 Å². The highest BCUT2D eigenvalue weighted by atomic mass is 32.1. The molecule has 5 aromatic carbocycles. The Morgan fingerprint density at radius 1 is 0.833 bits per heavy atom. The van der Waals surface area contributed by atoms with Gasteiger partial charge in [-0.25, -0.2) is 9.97 Å². The van der Waals surface area contributed by atoms with Crippen LogP contribution in [0.3, 0.4) is 0 Å². The second-order valence-corrected chi connectivity index (χ2v) is 16.2. The molecule has 1 unspecified atom stereocenters. The zero-order valence-electron chi connectivity index (χ0n) is 30.0. The number of benzene rings is 5. The standard InChI is InChI=1S/C47H36N4OS2/c1-4-5-13-27-48-46(29-15-7-6-8-16-29)51(3)47(2)26-25-39-41(47)40-33(19-14-22-38(40)53-39)45-49-42(44-43(50-45)32-18-10-12-21-37(32)54-44)30-23-24-36-34(28-30)31-17-9-11-20-35(31)52-36/h4,6-12,14-26,28H,1,5,13,27H2,2-3H3. The lowest BCUT2D eigenvalue weighted by Crippen LogP contribution is -2.43. The summed E-state index contributed by atoms with van der Waals surface area (Å²) >= 11 is 3.59. The lowest BCUT2D eigenvalue weighted by molar-refractivity contribution is 0.307. The topological polar surface area (TPSA) is 54.5 Å². The Kier molecular flexibility index (Phi) is 7.82. The molecule has 54 heavy (non-hydrogen) atoms. The average molecular weight is 737 g/mol. The monoisotopic (exact) mass is 736 g/mol. The van der Waals surface area contributed by atoms with Crippen molar-refractivity contribution in [3.8, 4) is 22.6 Å². The van der Waals surface area contributed by atoms with E-state index >= 15 is 0 Å². The normalized spacial score (nSPS) is 15.6. The van der Waals surface area contributed by atoms with E-state index in [1.807, 2.05) is 29.5 Å². The summed E-state index contributed by atoms with van der Waals surface area (Å²) in [5.74, 6) is 1.70. The number of likely N-dealkylation sites (N-methyl/N-ethyl adjacent to an activating group) is 1. The maximum atomic E-state index is 6.22. The third kappa shape index (κ3) is 5.14. The molecule has 4 heterocycles. The van der Waals surface area contributed by atoms with Gasteiger partial charge in [-0.05, 0) is 62.2 Å². The van der Waals surface area contributed by atoms with Gasteiger partial charge in [-0.1, -0.05) is 91.0 Å². The Morgan fingerprint density at radius 2 is 1.61 bits per heavy atom. The van der Waals surface area contributed by atoms with Crippen molar-refractivity contribution in [3.63, 3.8) is 0 Å². The molecule has 0 fully saturated rings. The molecule has 262 valence electrons. The first-order valence-corrected chi connectivity index (χ1v) is 20.0. The molecule has 0 saturated carbocycles. The molecule has 0 N–H and O–H groups in total. The van der Waals surface area contributed by atoms with Gasteiger partial charge in [-0.2, -0.15) is 0 Å². The van der Waals surface area contributed by atoms with Gasteiger partial charge < -0.3 is 9.32 Å². The fraction of sp³-hybridized carbons (Fsp3) is 0.128. The molecule has 0 bridgehead atoms. The molecule has 1 atom stereocenters. The SMILES string of the molecule is C=CCCCN=C(c1ccccc1)N(C)C1(C)C=Cc2sc3cccc(-c4nc(-c5ccc6oc7ccccc7c6c5)c5sc6ccccc6c5n4)c3c21. The highest BCUT2D eigenvalue weighted by molar-refractivity contribution is 7.26. The Bertz CT molecular complexity index is 2990. The van der Waals surface area contributed by atoms with Crippen molar-refractivity contribution in [2.45, 2.75) is 25.3 Å². The van der Waals surface area contributed by atoms with Crippen molar-refractivity contribution >= 4 is 86.9 Å². The van der Waals surface area contributed by atoms with Crippen molar-refractivity contribution in [3.05, 3.63) is 150 Å². The summed E-state index contributed by atoms with van der Waals surface area (Å²) in [6, 6.07) is 40.4. The maximum Gasteiger partial charge on any atom is 0.161 e. The van der Waals surface area contributed by atoms with Gasteiger partial charge in [0.1, 0.15) is 17.0 Å². The molecule has 0 spiro atoms. The van der Waals surface area contributed by atoms with E-state index in [1.165, 1.54) is 25.2 Å². The first kappa shape index (κ1) is 32.7. The van der Waals surface area contributed by atoms with Crippen LogP contribution in [0.1, 0.15) is 35.8 Å². The van der Waals surface area contributed by atoms with Crippen molar-refractivity contribution in [1.29, 1.82) is 0 Å². The van der Waals surface area contributed by atoms with E-state index in [4.69, 9.17) is 19.4 Å². The number of rotatable bonds is 8. The minimum atomic E-state index is -0.466. The number of aliphatic imine (C=N–C) groups is 1. The second-order valence-electron chi connectivity index (χ2n) is 14.0. The van der Waals surface area contributed by atoms with Gasteiger partial charge >= 0.3 is 0 Å². The van der Waals surface area contributed by atoms with E-state index in [0.29, 0.717) is 0 Å². The number of para-hydroxylation sites is 1. The third-order valence-electron chi connectivity index (χ3n) is 10.8. The van der Waals surface area contributed by atoms with Crippen LogP contribution in [0.2, 0.25) is 0 Å². The van der Waals surface area contributed by atoms with Crippen LogP contribution in [-0.2, 0) is 5.54 Å². The van der Waals surface area contributed by atoms with Gasteiger partial charge in [0, 0.05) is 71.7 Å². The van der Waals surface area contributed by atoms with E-state index in [2.05, 4.69) is 141 Å². The molecule has 0 radical (unpaired) electrons. The highest BCUT2D eigenvalue weighted by Crippen LogP contribution is 2.50. The fourth-order valence-electron chi connectivity index (χ4n) is 7.97. The van der Waals surface area contributed by atoms with Crippen LogP contribution in [0.5, 0.6) is 0 Å². The quantitative estimate of drug-likeness (QED) is 0.0674. The van der Waals surface area contributed by atoms with Gasteiger partial charge in [-0.15, -0.1) is 29.3 Å². The first-order valence-electron chi connectivity index (χ1n) is 18.3. The summed E-state index contributed by atoms with van der Waals surface area (Å²) in [5, 5.41) is 4.52. The summed E-state index contributed by atoms with van der Waals surface area (Å²) < 4.78 is 9.72. The number of unbranched alkanes of at least 4 members (excludes halogenated alkanes) is 1. The van der Waals surface area contributed by atoms with Crippen molar-refractivity contribution in [1.82, 2.24) is 14.9 Å². The number of hydrogen-bond donors (Lipinski definition) is 0.